The van der Waals surface area contributed by atoms with Crippen LogP contribution in [-0.4, -0.2) is 28.7 Å². The summed E-state index contributed by atoms with van der Waals surface area (Å²) in [7, 11) is 0. The molecule has 0 saturated carbocycles. The Kier molecular flexibility index (Phi) is 5.77. The van der Waals surface area contributed by atoms with Crippen LogP contribution in [0.15, 0.2) is 70.9 Å². The predicted octanol–water partition coefficient (Wildman–Crippen LogP) is 4.92. The van der Waals surface area contributed by atoms with Gasteiger partial charge in [-0.3, -0.25) is 14.6 Å². The molecule has 160 valence electrons. The number of aliphatic imine (C=N–C) groups is 1. The Morgan fingerprint density at radius 3 is 2.35 bits per heavy atom. The van der Waals surface area contributed by atoms with Crippen molar-refractivity contribution >= 4 is 17.5 Å². The van der Waals surface area contributed by atoms with Gasteiger partial charge in [0.25, 0.3) is 0 Å². The van der Waals surface area contributed by atoms with E-state index in [9.17, 15) is 14.7 Å². The summed E-state index contributed by atoms with van der Waals surface area (Å²) < 4.78 is 5.54. The number of carbonyl (C=O) groups is 2. The highest BCUT2D eigenvalue weighted by Gasteiger charge is 2.44. The summed E-state index contributed by atoms with van der Waals surface area (Å²) in [6, 6.07) is 16.7. The van der Waals surface area contributed by atoms with Crippen molar-refractivity contribution in [2.45, 2.75) is 51.6 Å². The highest BCUT2D eigenvalue weighted by Crippen LogP contribution is 2.47. The Bertz CT molecular complexity index is 1050. The molecule has 0 bridgehead atoms. The summed E-state index contributed by atoms with van der Waals surface area (Å²) in [4.78, 5) is 31.2. The molecule has 31 heavy (non-hydrogen) atoms. The number of nitrogens with zero attached hydrogens (tertiary/aromatic N) is 1. The van der Waals surface area contributed by atoms with Gasteiger partial charge < -0.3 is 9.84 Å². The second kappa shape index (κ2) is 8.50. The fraction of sp³-hybridized carbons (Fsp3) is 0.346. The number of phenols is 1. The number of carbonyl (C=O) groups excluding carboxylic acids is 2. The molecule has 0 amide bonds. The molecule has 1 heterocycles. The van der Waals surface area contributed by atoms with Gasteiger partial charge in [-0.1, -0.05) is 42.5 Å². The number of allylic oxidation sites excluding steroid dienone is 2. The Morgan fingerprint density at radius 1 is 1.03 bits per heavy atom. The van der Waals surface area contributed by atoms with E-state index in [4.69, 9.17) is 9.73 Å². The van der Waals surface area contributed by atoms with E-state index in [1.165, 1.54) is 0 Å². The van der Waals surface area contributed by atoms with E-state index in [-0.39, 0.29) is 29.5 Å². The molecular formula is C26H27NO4. The Balaban J connectivity index is 1.79. The van der Waals surface area contributed by atoms with Gasteiger partial charge in [-0.05, 0) is 56.4 Å². The number of Topliss-reactive ketones (excluding diaryl/α,β-unsaturated/α-hetero) is 1. The number of rotatable bonds is 4. The van der Waals surface area contributed by atoms with Crippen LogP contribution < -0.4 is 0 Å². The topological polar surface area (TPSA) is 76.0 Å². The lowest BCUT2D eigenvalue weighted by Crippen LogP contribution is -2.38. The second-order valence-electron chi connectivity index (χ2n) is 8.59. The molecule has 0 aromatic heterocycles. The molecule has 0 radical (unpaired) electrons. The molecule has 2 aromatic carbocycles. The van der Waals surface area contributed by atoms with E-state index >= 15 is 0 Å². The number of phenolic OH excluding ortho intramolecular Hbond substituents is 1. The largest absolute Gasteiger partial charge is 0.508 e. The van der Waals surface area contributed by atoms with Crippen LogP contribution in [0.25, 0.3) is 0 Å². The van der Waals surface area contributed by atoms with Crippen molar-refractivity contribution in [2.24, 2.45) is 10.9 Å². The van der Waals surface area contributed by atoms with E-state index in [2.05, 4.69) is 0 Å². The van der Waals surface area contributed by atoms with Crippen molar-refractivity contribution in [3.63, 3.8) is 0 Å². The smallest absolute Gasteiger partial charge is 0.315 e. The van der Waals surface area contributed by atoms with Gasteiger partial charge in [0, 0.05) is 29.3 Å². The van der Waals surface area contributed by atoms with Gasteiger partial charge in [-0.15, -0.1) is 0 Å². The Morgan fingerprint density at radius 2 is 1.71 bits per heavy atom. The Hall–Kier alpha value is -3.21. The molecule has 2 aliphatic rings. The van der Waals surface area contributed by atoms with Gasteiger partial charge in [0.05, 0.1) is 6.10 Å². The van der Waals surface area contributed by atoms with E-state index < -0.39 is 11.8 Å². The summed E-state index contributed by atoms with van der Waals surface area (Å²) >= 11 is 0. The monoisotopic (exact) mass is 417 g/mol. The molecule has 1 aliphatic heterocycles. The summed E-state index contributed by atoms with van der Waals surface area (Å²) in [6.07, 6.45) is 0.779. The molecule has 1 N–H and O–H groups in total. The molecule has 3 atom stereocenters. The number of ether oxygens (including phenoxy) is 1. The van der Waals surface area contributed by atoms with Crippen LogP contribution in [-0.2, 0) is 14.3 Å². The maximum absolute atomic E-state index is 13.4. The van der Waals surface area contributed by atoms with Crippen molar-refractivity contribution < 1.29 is 19.4 Å². The molecule has 4 rings (SSSR count). The predicted molar refractivity (Wildman–Crippen MR) is 119 cm³/mol. The standard InChI is InChI=1S/C26H27NO4/c1-15(2)31-26(30)23-16(3)27-21-13-19(17-7-5-4-6-8-17)14-22(29)25(21)24(23)18-9-11-20(28)12-10-18/h4-12,15,19,23-24,28H,13-14H2,1-3H3/t19-,23?,24-/m0/s1. The van der Waals surface area contributed by atoms with Crippen molar-refractivity contribution in [3.8, 4) is 5.75 Å². The normalized spacial score (nSPS) is 23.4. The van der Waals surface area contributed by atoms with E-state index in [0.717, 1.165) is 16.8 Å². The minimum absolute atomic E-state index is 0.0202. The minimum Gasteiger partial charge on any atom is -0.508 e. The summed E-state index contributed by atoms with van der Waals surface area (Å²) in [5, 5.41) is 9.75. The van der Waals surface area contributed by atoms with Gasteiger partial charge in [0.1, 0.15) is 11.7 Å². The highest BCUT2D eigenvalue weighted by atomic mass is 16.5. The van der Waals surface area contributed by atoms with Crippen molar-refractivity contribution in [1.29, 1.82) is 0 Å². The summed E-state index contributed by atoms with van der Waals surface area (Å²) in [5.74, 6) is -1.28. The molecular weight excluding hydrogens is 390 g/mol. The fourth-order valence-electron chi connectivity index (χ4n) is 4.67. The number of ketones is 1. The third kappa shape index (κ3) is 4.18. The van der Waals surface area contributed by atoms with Crippen LogP contribution in [0.4, 0.5) is 0 Å². The number of hydrogen-bond acceptors (Lipinski definition) is 5. The quantitative estimate of drug-likeness (QED) is 0.717. The van der Waals surface area contributed by atoms with Crippen LogP contribution in [0.5, 0.6) is 5.75 Å². The summed E-state index contributed by atoms with van der Waals surface area (Å²) in [6.45, 7) is 5.45. The first-order chi connectivity index (χ1) is 14.8. The average Bonchev–Trinajstić information content (AvgIpc) is 2.73. The minimum atomic E-state index is -0.664. The first-order valence-electron chi connectivity index (χ1n) is 10.7. The van der Waals surface area contributed by atoms with Crippen LogP contribution in [0.3, 0.4) is 0 Å². The van der Waals surface area contributed by atoms with Crippen LogP contribution in [0.2, 0.25) is 0 Å². The molecule has 0 saturated heterocycles. The zero-order valence-electron chi connectivity index (χ0n) is 18.0. The molecule has 0 spiro atoms. The first kappa shape index (κ1) is 21.0. The number of hydrogen-bond donors (Lipinski definition) is 1. The van der Waals surface area contributed by atoms with E-state index in [0.29, 0.717) is 24.1 Å². The van der Waals surface area contributed by atoms with Crippen LogP contribution in [0, 0.1) is 5.92 Å². The highest BCUT2D eigenvalue weighted by molar-refractivity contribution is 6.09. The fourth-order valence-corrected chi connectivity index (χ4v) is 4.67. The third-order valence-corrected chi connectivity index (χ3v) is 6.02. The number of esters is 1. The van der Waals surface area contributed by atoms with Gasteiger partial charge in [-0.25, -0.2) is 0 Å². The Labute approximate surface area is 182 Å². The number of benzene rings is 2. The van der Waals surface area contributed by atoms with Gasteiger partial charge in [0.15, 0.2) is 5.78 Å². The van der Waals surface area contributed by atoms with Crippen molar-refractivity contribution in [1.82, 2.24) is 0 Å². The third-order valence-electron chi connectivity index (χ3n) is 6.02. The van der Waals surface area contributed by atoms with Gasteiger partial charge >= 0.3 is 5.97 Å². The zero-order valence-corrected chi connectivity index (χ0v) is 18.0. The zero-order chi connectivity index (χ0) is 22.1. The van der Waals surface area contributed by atoms with Crippen molar-refractivity contribution in [3.05, 3.63) is 77.0 Å². The second-order valence-corrected chi connectivity index (χ2v) is 8.59. The molecule has 1 aliphatic carbocycles. The maximum Gasteiger partial charge on any atom is 0.315 e. The molecule has 0 fully saturated rings. The molecule has 5 nitrogen and oxygen atoms in total. The van der Waals surface area contributed by atoms with E-state index in [1.807, 2.05) is 51.1 Å². The number of aromatic hydroxyl groups is 1. The maximum atomic E-state index is 13.4. The molecule has 2 aromatic rings. The summed E-state index contributed by atoms with van der Waals surface area (Å²) in [5.41, 5.74) is 3.95. The van der Waals surface area contributed by atoms with Gasteiger partial charge in [-0.2, -0.15) is 0 Å². The van der Waals surface area contributed by atoms with Gasteiger partial charge in [0.2, 0.25) is 0 Å². The first-order valence-corrected chi connectivity index (χ1v) is 10.7. The van der Waals surface area contributed by atoms with Crippen molar-refractivity contribution in [2.75, 3.05) is 0 Å². The molecule has 1 unspecified atom stereocenters. The SMILES string of the molecule is CC1=NC2=C(C(=O)C[C@@H](c3ccccc3)C2)[C@@H](c2ccc(O)cc2)C1C(=O)OC(C)C. The lowest BCUT2D eigenvalue weighted by molar-refractivity contribution is -0.150. The lowest BCUT2D eigenvalue weighted by atomic mass is 9.69. The van der Waals surface area contributed by atoms with Crippen LogP contribution in [0.1, 0.15) is 56.6 Å². The van der Waals surface area contributed by atoms with Crippen LogP contribution >= 0.6 is 0 Å². The average molecular weight is 418 g/mol. The lowest BCUT2D eigenvalue weighted by Gasteiger charge is -2.36. The van der Waals surface area contributed by atoms with E-state index in [1.54, 1.807) is 24.3 Å². The molecule has 5 heteroatoms.